The largest absolute Gasteiger partial charge is 0.395 e. The average Bonchev–Trinajstić information content (AvgIpc) is 2.38. The second-order valence-electron chi connectivity index (χ2n) is 4.27. The minimum absolute atomic E-state index is 0.0135. The molecule has 0 spiro atoms. The molecule has 1 rings (SSSR count). The van der Waals surface area contributed by atoms with Crippen molar-refractivity contribution in [3.63, 3.8) is 0 Å². The van der Waals surface area contributed by atoms with Crippen molar-refractivity contribution < 1.29 is 17.9 Å². The van der Waals surface area contributed by atoms with Crippen LogP contribution >= 0.6 is 0 Å². The van der Waals surface area contributed by atoms with Gasteiger partial charge in [-0.2, -0.15) is 4.31 Å². The minimum atomic E-state index is -3.88. The molecule has 0 atom stereocenters. The van der Waals surface area contributed by atoms with Crippen molar-refractivity contribution in [2.45, 2.75) is 31.1 Å². The highest BCUT2D eigenvalue weighted by Gasteiger charge is 2.26. The Kier molecular flexibility index (Phi) is 6.41. The molecule has 0 unspecified atom stereocenters. The first-order valence-electron chi connectivity index (χ1n) is 6.39. The van der Waals surface area contributed by atoms with Crippen molar-refractivity contribution in [2.75, 3.05) is 19.7 Å². The first-order valence-corrected chi connectivity index (χ1v) is 7.83. The zero-order valence-electron chi connectivity index (χ0n) is 11.0. The third-order valence-electron chi connectivity index (χ3n) is 2.81. The highest BCUT2D eigenvalue weighted by molar-refractivity contribution is 7.89. The van der Waals surface area contributed by atoms with E-state index < -0.39 is 15.8 Å². The number of aliphatic hydroxyl groups excluding tert-OH is 1. The van der Waals surface area contributed by atoms with Gasteiger partial charge in [0.05, 0.1) is 6.61 Å². The molecular formula is C13H20FNO3S. The van der Waals surface area contributed by atoms with Gasteiger partial charge < -0.3 is 5.11 Å². The molecule has 19 heavy (non-hydrogen) atoms. The molecule has 1 N–H and O–H groups in total. The number of halogens is 1. The lowest BCUT2D eigenvalue weighted by Gasteiger charge is -2.21. The van der Waals surface area contributed by atoms with Gasteiger partial charge in [0, 0.05) is 13.1 Å². The molecule has 0 saturated carbocycles. The summed E-state index contributed by atoms with van der Waals surface area (Å²) in [6.45, 7) is 2.02. The third kappa shape index (κ3) is 4.26. The smallest absolute Gasteiger partial charge is 0.246 e. The standard InChI is InChI=1S/C13H20FNO3S/c1-2-3-6-9-15(10-11-16)19(17,18)13-8-5-4-7-12(13)14/h4-5,7-8,16H,2-3,6,9-11H2,1H3. The number of hydrogen-bond acceptors (Lipinski definition) is 3. The Morgan fingerprint density at radius 3 is 2.47 bits per heavy atom. The molecule has 4 nitrogen and oxygen atoms in total. The summed E-state index contributed by atoms with van der Waals surface area (Å²) in [4.78, 5) is -0.333. The molecule has 6 heteroatoms. The predicted octanol–water partition coefficient (Wildman–Crippen LogP) is 2.00. The van der Waals surface area contributed by atoms with Crippen LogP contribution in [0.2, 0.25) is 0 Å². The lowest BCUT2D eigenvalue weighted by atomic mass is 10.2. The molecule has 0 aliphatic rings. The van der Waals surface area contributed by atoms with Gasteiger partial charge in [-0.05, 0) is 18.6 Å². The maximum absolute atomic E-state index is 13.6. The summed E-state index contributed by atoms with van der Waals surface area (Å²) in [7, 11) is -3.88. The summed E-state index contributed by atoms with van der Waals surface area (Å²) in [5.41, 5.74) is 0. The Morgan fingerprint density at radius 2 is 1.89 bits per heavy atom. The Bertz CT molecular complexity index is 490. The molecule has 0 aliphatic heterocycles. The minimum Gasteiger partial charge on any atom is -0.395 e. The number of hydrogen-bond donors (Lipinski definition) is 1. The highest BCUT2D eigenvalue weighted by atomic mass is 32.2. The van der Waals surface area contributed by atoms with E-state index in [0.29, 0.717) is 13.0 Å². The van der Waals surface area contributed by atoms with Gasteiger partial charge in [0.25, 0.3) is 0 Å². The van der Waals surface area contributed by atoms with Crippen molar-refractivity contribution >= 4 is 10.0 Å². The average molecular weight is 289 g/mol. The molecular weight excluding hydrogens is 269 g/mol. The third-order valence-corrected chi connectivity index (χ3v) is 4.75. The summed E-state index contributed by atoms with van der Waals surface area (Å²) in [5.74, 6) is -0.763. The van der Waals surface area contributed by atoms with Crippen LogP contribution in [0.4, 0.5) is 4.39 Å². The fourth-order valence-corrected chi connectivity index (χ4v) is 3.33. The Balaban J connectivity index is 2.96. The lowest BCUT2D eigenvalue weighted by Crippen LogP contribution is -2.35. The van der Waals surface area contributed by atoms with E-state index in [2.05, 4.69) is 0 Å². The molecule has 0 radical (unpaired) electrons. The maximum Gasteiger partial charge on any atom is 0.246 e. The van der Waals surface area contributed by atoms with E-state index in [1.165, 1.54) is 18.2 Å². The van der Waals surface area contributed by atoms with Crippen molar-refractivity contribution in [3.8, 4) is 0 Å². The molecule has 0 aromatic heterocycles. The van der Waals surface area contributed by atoms with Crippen LogP contribution in [-0.2, 0) is 10.0 Å². The summed E-state index contributed by atoms with van der Waals surface area (Å²) in [6, 6.07) is 5.30. The number of aliphatic hydroxyl groups is 1. The molecule has 0 amide bonds. The van der Waals surface area contributed by atoms with Crippen molar-refractivity contribution in [1.29, 1.82) is 0 Å². The first kappa shape index (κ1) is 16.1. The van der Waals surface area contributed by atoms with Gasteiger partial charge in [-0.15, -0.1) is 0 Å². The second kappa shape index (κ2) is 7.57. The van der Waals surface area contributed by atoms with Crippen LogP contribution in [-0.4, -0.2) is 37.5 Å². The quantitative estimate of drug-likeness (QED) is 0.745. The molecule has 0 bridgehead atoms. The number of unbranched alkanes of at least 4 members (excludes halogenated alkanes) is 2. The van der Waals surface area contributed by atoms with E-state index >= 15 is 0 Å². The maximum atomic E-state index is 13.6. The summed E-state index contributed by atoms with van der Waals surface area (Å²) in [5, 5.41) is 8.97. The van der Waals surface area contributed by atoms with Crippen LogP contribution < -0.4 is 0 Å². The zero-order chi connectivity index (χ0) is 14.3. The van der Waals surface area contributed by atoms with Gasteiger partial charge in [0.1, 0.15) is 10.7 Å². The number of benzene rings is 1. The van der Waals surface area contributed by atoms with Gasteiger partial charge in [0.15, 0.2) is 0 Å². The Labute approximate surface area is 113 Å². The van der Waals surface area contributed by atoms with Crippen LogP contribution in [0.1, 0.15) is 26.2 Å². The molecule has 0 saturated heterocycles. The van der Waals surface area contributed by atoms with Crippen LogP contribution in [0.5, 0.6) is 0 Å². The SMILES string of the molecule is CCCCCN(CCO)S(=O)(=O)c1ccccc1F. The molecule has 0 fully saturated rings. The van der Waals surface area contributed by atoms with Crippen molar-refractivity contribution in [3.05, 3.63) is 30.1 Å². The van der Waals surface area contributed by atoms with Gasteiger partial charge in [-0.25, -0.2) is 12.8 Å². The topological polar surface area (TPSA) is 57.6 Å². The summed E-state index contributed by atoms with van der Waals surface area (Å²) >= 11 is 0. The fraction of sp³-hybridized carbons (Fsp3) is 0.538. The van der Waals surface area contributed by atoms with Crippen molar-refractivity contribution in [2.24, 2.45) is 0 Å². The number of rotatable bonds is 8. The highest BCUT2D eigenvalue weighted by Crippen LogP contribution is 2.19. The zero-order valence-corrected chi connectivity index (χ0v) is 11.9. The molecule has 1 aromatic rings. The van der Waals surface area contributed by atoms with Gasteiger partial charge in [-0.1, -0.05) is 31.9 Å². The fourth-order valence-electron chi connectivity index (χ4n) is 1.79. The summed E-state index contributed by atoms with van der Waals surface area (Å²) < 4.78 is 39.4. The second-order valence-corrected chi connectivity index (χ2v) is 6.17. The van der Waals surface area contributed by atoms with E-state index in [1.807, 2.05) is 6.92 Å². The molecule has 0 heterocycles. The number of nitrogens with zero attached hydrogens (tertiary/aromatic N) is 1. The normalized spacial score (nSPS) is 12.0. The van der Waals surface area contributed by atoms with Gasteiger partial charge in [-0.3, -0.25) is 0 Å². The number of sulfonamides is 1. The lowest BCUT2D eigenvalue weighted by molar-refractivity contribution is 0.251. The van der Waals surface area contributed by atoms with Gasteiger partial charge >= 0.3 is 0 Å². The molecule has 108 valence electrons. The van der Waals surface area contributed by atoms with Crippen LogP contribution in [0.25, 0.3) is 0 Å². The monoisotopic (exact) mass is 289 g/mol. The van der Waals surface area contributed by atoms with E-state index in [4.69, 9.17) is 5.11 Å². The molecule has 0 aliphatic carbocycles. The summed E-state index contributed by atoms with van der Waals surface area (Å²) in [6.07, 6.45) is 2.56. The Morgan fingerprint density at radius 1 is 1.21 bits per heavy atom. The van der Waals surface area contributed by atoms with Gasteiger partial charge in [0.2, 0.25) is 10.0 Å². The van der Waals surface area contributed by atoms with Crippen LogP contribution in [0.15, 0.2) is 29.2 Å². The van der Waals surface area contributed by atoms with Crippen molar-refractivity contribution in [1.82, 2.24) is 4.31 Å². The van der Waals surface area contributed by atoms with E-state index in [0.717, 1.165) is 23.2 Å². The predicted molar refractivity (Wildman–Crippen MR) is 71.8 cm³/mol. The molecule has 1 aromatic carbocycles. The van der Waals surface area contributed by atoms with Crippen LogP contribution in [0, 0.1) is 5.82 Å². The Hall–Kier alpha value is -0.980. The van der Waals surface area contributed by atoms with Crippen LogP contribution in [0.3, 0.4) is 0 Å². The van der Waals surface area contributed by atoms with E-state index in [-0.39, 0.29) is 18.0 Å². The first-order chi connectivity index (χ1) is 9.04. The van der Waals surface area contributed by atoms with E-state index in [1.54, 1.807) is 0 Å². The van der Waals surface area contributed by atoms with E-state index in [9.17, 15) is 12.8 Å².